The maximum atomic E-state index is 11.5. The third-order valence-electron chi connectivity index (χ3n) is 4.59. The van der Waals surface area contributed by atoms with E-state index in [0.29, 0.717) is 6.54 Å². The molecule has 0 spiro atoms. The second-order valence-corrected chi connectivity index (χ2v) is 6.55. The van der Waals surface area contributed by atoms with E-state index in [0.717, 1.165) is 25.2 Å². The van der Waals surface area contributed by atoms with Gasteiger partial charge in [0.25, 0.3) is 0 Å². The molecule has 4 nitrogen and oxygen atoms in total. The van der Waals surface area contributed by atoms with Gasteiger partial charge in [-0.15, -0.1) is 0 Å². The number of benzene rings is 1. The van der Waals surface area contributed by atoms with Gasteiger partial charge in [-0.2, -0.15) is 0 Å². The predicted octanol–water partition coefficient (Wildman–Crippen LogP) is 2.18. The van der Waals surface area contributed by atoms with Crippen LogP contribution in [0.25, 0.3) is 0 Å². The molecule has 116 valence electrons. The Bertz CT molecular complexity index is 453. The molecule has 0 aromatic heterocycles. The van der Waals surface area contributed by atoms with Gasteiger partial charge < -0.3 is 15.3 Å². The predicted molar refractivity (Wildman–Crippen MR) is 84.5 cm³/mol. The van der Waals surface area contributed by atoms with Gasteiger partial charge in [0, 0.05) is 13.1 Å². The molecule has 2 rings (SSSR count). The van der Waals surface area contributed by atoms with E-state index in [9.17, 15) is 9.90 Å². The summed E-state index contributed by atoms with van der Waals surface area (Å²) in [7, 11) is 2.16. The number of carboxylic acid groups (broad SMARTS) is 1. The number of hydrogen-bond acceptors (Lipinski definition) is 3. The van der Waals surface area contributed by atoms with Crippen LogP contribution in [0.1, 0.15) is 31.2 Å². The lowest BCUT2D eigenvalue weighted by Gasteiger charge is -2.38. The fraction of sp³-hybridized carbons (Fsp3) is 0.588. The SMILES string of the molecule is CN1CCC(C)(CNCC(C(=O)O)c2ccccc2)CC1. The van der Waals surface area contributed by atoms with Crippen molar-refractivity contribution in [1.29, 1.82) is 0 Å². The Balaban J connectivity index is 1.87. The molecular weight excluding hydrogens is 264 g/mol. The van der Waals surface area contributed by atoms with E-state index in [1.165, 1.54) is 12.8 Å². The van der Waals surface area contributed by atoms with Crippen LogP contribution in [0, 0.1) is 5.41 Å². The molecule has 0 radical (unpaired) electrons. The van der Waals surface area contributed by atoms with Gasteiger partial charge in [-0.05, 0) is 44.0 Å². The van der Waals surface area contributed by atoms with Crippen molar-refractivity contribution in [3.63, 3.8) is 0 Å². The van der Waals surface area contributed by atoms with Crippen molar-refractivity contribution in [2.24, 2.45) is 5.41 Å². The van der Waals surface area contributed by atoms with Crippen LogP contribution in [-0.4, -0.2) is 49.2 Å². The first-order valence-electron chi connectivity index (χ1n) is 7.67. The van der Waals surface area contributed by atoms with Crippen molar-refractivity contribution in [3.8, 4) is 0 Å². The molecule has 1 aromatic carbocycles. The van der Waals surface area contributed by atoms with Crippen LogP contribution in [0.4, 0.5) is 0 Å². The Morgan fingerprint density at radius 2 is 1.95 bits per heavy atom. The number of likely N-dealkylation sites (tertiary alicyclic amines) is 1. The summed E-state index contributed by atoms with van der Waals surface area (Å²) in [5.41, 5.74) is 1.15. The average Bonchev–Trinajstić information content (AvgIpc) is 2.48. The van der Waals surface area contributed by atoms with Crippen LogP contribution < -0.4 is 5.32 Å². The minimum absolute atomic E-state index is 0.284. The van der Waals surface area contributed by atoms with E-state index < -0.39 is 11.9 Å². The molecule has 1 unspecified atom stereocenters. The summed E-state index contributed by atoms with van der Waals surface area (Å²) in [6, 6.07) is 9.47. The van der Waals surface area contributed by atoms with E-state index in [1.807, 2.05) is 30.3 Å². The highest BCUT2D eigenvalue weighted by atomic mass is 16.4. The third kappa shape index (κ3) is 4.55. The van der Waals surface area contributed by atoms with Crippen LogP contribution >= 0.6 is 0 Å². The Morgan fingerprint density at radius 3 is 2.52 bits per heavy atom. The van der Waals surface area contributed by atoms with Gasteiger partial charge in [0.05, 0.1) is 5.92 Å². The normalized spacial score (nSPS) is 20.1. The third-order valence-corrected chi connectivity index (χ3v) is 4.59. The molecule has 0 saturated carbocycles. The van der Waals surface area contributed by atoms with E-state index in [1.54, 1.807) is 0 Å². The summed E-state index contributed by atoms with van der Waals surface area (Å²) in [4.78, 5) is 13.8. The number of nitrogens with one attached hydrogen (secondary N) is 1. The lowest BCUT2D eigenvalue weighted by atomic mass is 9.80. The van der Waals surface area contributed by atoms with Crippen LogP contribution in [0.2, 0.25) is 0 Å². The fourth-order valence-electron chi connectivity index (χ4n) is 2.89. The molecule has 21 heavy (non-hydrogen) atoms. The summed E-state index contributed by atoms with van der Waals surface area (Å²) in [6.07, 6.45) is 2.33. The zero-order valence-corrected chi connectivity index (χ0v) is 13.0. The number of aliphatic carboxylic acids is 1. The quantitative estimate of drug-likeness (QED) is 0.843. The molecule has 0 amide bonds. The summed E-state index contributed by atoms with van der Waals surface area (Å²) >= 11 is 0. The van der Waals surface area contributed by atoms with Gasteiger partial charge >= 0.3 is 5.97 Å². The maximum Gasteiger partial charge on any atom is 0.312 e. The average molecular weight is 290 g/mol. The smallest absolute Gasteiger partial charge is 0.312 e. The number of piperidine rings is 1. The number of rotatable bonds is 6. The van der Waals surface area contributed by atoms with Gasteiger partial charge in [0.15, 0.2) is 0 Å². The molecule has 1 atom stereocenters. The number of carbonyl (C=O) groups is 1. The topological polar surface area (TPSA) is 52.6 Å². The van der Waals surface area contributed by atoms with Crippen molar-refractivity contribution < 1.29 is 9.90 Å². The van der Waals surface area contributed by atoms with Gasteiger partial charge in [0.1, 0.15) is 0 Å². The Hall–Kier alpha value is -1.39. The summed E-state index contributed by atoms with van der Waals surface area (Å²) < 4.78 is 0. The summed E-state index contributed by atoms with van der Waals surface area (Å²) in [5, 5.41) is 12.8. The standard InChI is InChI=1S/C17H26N2O2/c1-17(8-10-19(2)11-9-17)13-18-12-15(16(20)21)14-6-4-3-5-7-14/h3-7,15,18H,8-13H2,1-2H3,(H,20,21). The molecule has 2 N–H and O–H groups in total. The highest BCUT2D eigenvalue weighted by Gasteiger charge is 2.29. The largest absolute Gasteiger partial charge is 0.481 e. The number of carboxylic acids is 1. The van der Waals surface area contributed by atoms with E-state index in [-0.39, 0.29) is 5.41 Å². The molecule has 1 fully saturated rings. The van der Waals surface area contributed by atoms with Crippen molar-refractivity contribution in [2.45, 2.75) is 25.7 Å². The first-order chi connectivity index (χ1) is 10.0. The lowest BCUT2D eigenvalue weighted by Crippen LogP contribution is -2.43. The Morgan fingerprint density at radius 1 is 1.33 bits per heavy atom. The zero-order valence-electron chi connectivity index (χ0n) is 13.0. The first kappa shape index (κ1) is 16.0. The minimum atomic E-state index is -0.762. The van der Waals surface area contributed by atoms with Crippen molar-refractivity contribution in [1.82, 2.24) is 10.2 Å². The summed E-state index contributed by atoms with van der Waals surface area (Å²) in [6.45, 7) is 5.92. The molecular formula is C17H26N2O2. The fourth-order valence-corrected chi connectivity index (χ4v) is 2.89. The number of nitrogens with zero attached hydrogens (tertiary/aromatic N) is 1. The van der Waals surface area contributed by atoms with Crippen LogP contribution in [0.15, 0.2) is 30.3 Å². The monoisotopic (exact) mass is 290 g/mol. The van der Waals surface area contributed by atoms with Crippen LogP contribution in [0.3, 0.4) is 0 Å². The highest BCUT2D eigenvalue weighted by Crippen LogP contribution is 2.29. The molecule has 1 aliphatic heterocycles. The molecule has 1 aliphatic rings. The molecule has 0 aliphatic carbocycles. The number of hydrogen-bond donors (Lipinski definition) is 2. The van der Waals surface area contributed by atoms with Crippen LogP contribution in [-0.2, 0) is 4.79 Å². The van der Waals surface area contributed by atoms with Crippen molar-refractivity contribution in [2.75, 3.05) is 33.2 Å². The second kappa shape index (κ2) is 7.05. The molecule has 1 heterocycles. The zero-order chi connectivity index (χ0) is 15.3. The van der Waals surface area contributed by atoms with E-state index in [2.05, 4.69) is 24.2 Å². The molecule has 4 heteroatoms. The van der Waals surface area contributed by atoms with Crippen molar-refractivity contribution in [3.05, 3.63) is 35.9 Å². The van der Waals surface area contributed by atoms with Gasteiger partial charge in [-0.25, -0.2) is 0 Å². The van der Waals surface area contributed by atoms with Gasteiger partial charge in [0.2, 0.25) is 0 Å². The van der Waals surface area contributed by atoms with Gasteiger partial charge in [-0.3, -0.25) is 4.79 Å². The molecule has 0 bridgehead atoms. The van der Waals surface area contributed by atoms with Crippen molar-refractivity contribution >= 4 is 5.97 Å². The van der Waals surface area contributed by atoms with E-state index in [4.69, 9.17) is 0 Å². The maximum absolute atomic E-state index is 11.5. The first-order valence-corrected chi connectivity index (χ1v) is 7.67. The summed E-state index contributed by atoms with van der Waals surface area (Å²) in [5.74, 6) is -1.23. The minimum Gasteiger partial charge on any atom is -0.481 e. The van der Waals surface area contributed by atoms with Crippen LogP contribution in [0.5, 0.6) is 0 Å². The Kier molecular flexibility index (Phi) is 5.37. The second-order valence-electron chi connectivity index (χ2n) is 6.55. The van der Waals surface area contributed by atoms with E-state index >= 15 is 0 Å². The molecule has 1 saturated heterocycles. The Labute approximate surface area is 127 Å². The molecule has 1 aromatic rings. The highest BCUT2D eigenvalue weighted by molar-refractivity contribution is 5.76. The lowest BCUT2D eigenvalue weighted by molar-refractivity contribution is -0.138. The van der Waals surface area contributed by atoms with Gasteiger partial charge in [-0.1, -0.05) is 37.3 Å².